The molecule has 27 heavy (non-hydrogen) atoms. The van der Waals surface area contributed by atoms with Gasteiger partial charge >= 0.3 is 5.97 Å². The minimum Gasteiger partial charge on any atom is -0.545 e. The molecule has 0 bridgehead atoms. The summed E-state index contributed by atoms with van der Waals surface area (Å²) in [5.74, 6) is -2.72. The highest BCUT2D eigenvalue weighted by atomic mass is 32.2. The molecule has 0 saturated carbocycles. The summed E-state index contributed by atoms with van der Waals surface area (Å²) >= 11 is 0. The number of aromatic carboxylic acids is 1. The molecule has 0 spiro atoms. The summed E-state index contributed by atoms with van der Waals surface area (Å²) in [6, 6.07) is 2.30. The topological polar surface area (TPSA) is 150 Å². The van der Waals surface area contributed by atoms with Gasteiger partial charge in [-0.25, -0.2) is 4.79 Å². The summed E-state index contributed by atoms with van der Waals surface area (Å²) < 4.78 is 40.6. The van der Waals surface area contributed by atoms with Crippen molar-refractivity contribution in [3.63, 3.8) is 0 Å². The predicted octanol–water partition coefficient (Wildman–Crippen LogP) is -0.0143. The molecule has 0 fully saturated rings. The third kappa shape index (κ3) is 12.4. The minimum absolute atomic E-state index is 0.00235. The zero-order chi connectivity index (χ0) is 21.3. The second-order valence-electron chi connectivity index (χ2n) is 6.66. The third-order valence-electron chi connectivity index (χ3n) is 2.37. The molecule has 2 N–H and O–H groups in total. The Morgan fingerprint density at radius 3 is 2.00 bits per heavy atom. The molecule has 0 unspecified atom stereocenters. The Kier molecular flexibility index (Phi) is 10.6. The van der Waals surface area contributed by atoms with Gasteiger partial charge in [0.05, 0.1) is 36.2 Å². The Hall–Kier alpha value is -1.58. The van der Waals surface area contributed by atoms with Crippen molar-refractivity contribution in [2.24, 2.45) is 0 Å². The lowest BCUT2D eigenvalue weighted by Crippen LogP contribution is -2.23. The lowest BCUT2D eigenvalue weighted by Gasteiger charge is -2.09. The summed E-state index contributed by atoms with van der Waals surface area (Å²) in [6.45, 7) is 8.87. The lowest BCUT2D eigenvalue weighted by molar-refractivity contribution is -0.255. The van der Waals surface area contributed by atoms with Gasteiger partial charge in [0.1, 0.15) is 6.61 Å². The molecule has 1 rings (SSSR count). The van der Waals surface area contributed by atoms with Gasteiger partial charge in [-0.05, 0) is 23.8 Å². The second-order valence-corrected chi connectivity index (χ2v) is 13.5. The van der Waals surface area contributed by atoms with Crippen LogP contribution >= 0.6 is 7.26 Å². The average molecular weight is 424 g/mol. The summed E-state index contributed by atoms with van der Waals surface area (Å²) in [4.78, 5) is 21.8. The van der Waals surface area contributed by atoms with Crippen LogP contribution in [0.1, 0.15) is 20.7 Å². The van der Waals surface area contributed by atoms with Crippen LogP contribution in [-0.2, 0) is 19.6 Å². The zero-order valence-electron chi connectivity index (χ0n) is 15.7. The molecule has 154 valence electrons. The van der Waals surface area contributed by atoms with Crippen LogP contribution in [0.3, 0.4) is 0 Å². The molecule has 9 nitrogen and oxygen atoms in total. The van der Waals surface area contributed by atoms with Gasteiger partial charge in [0.2, 0.25) is 0 Å². The largest absolute Gasteiger partial charge is 0.545 e. The number of esters is 1. The standard InChI is InChI=1S/C12H14O9S.C4H12P/c13-1-2-20-3-4-21-12(16)9-5-8(11(14)15)6-10(7-9)22(17,18)19;1-5(2,3)4/h5-7,13H,1-4H2,(H,14,15)(H,17,18,19);1-4H3/q;+1/p-1. The van der Waals surface area contributed by atoms with Crippen LogP contribution in [0.25, 0.3) is 0 Å². The number of carboxylic acid groups (broad SMARTS) is 1. The van der Waals surface area contributed by atoms with Crippen LogP contribution in [0, 0.1) is 0 Å². The molecular formula is C16H25O9PS. The van der Waals surface area contributed by atoms with E-state index in [2.05, 4.69) is 26.7 Å². The van der Waals surface area contributed by atoms with E-state index in [0.29, 0.717) is 6.07 Å². The van der Waals surface area contributed by atoms with Crippen molar-refractivity contribution in [2.75, 3.05) is 53.1 Å². The van der Waals surface area contributed by atoms with Crippen LogP contribution < -0.4 is 5.11 Å². The van der Waals surface area contributed by atoms with Gasteiger partial charge in [-0.3, -0.25) is 4.55 Å². The number of hydrogen-bond acceptors (Lipinski definition) is 8. The summed E-state index contributed by atoms with van der Waals surface area (Å²) in [7, 11) is -5.09. The normalized spacial score (nSPS) is 11.3. The molecule has 0 aliphatic heterocycles. The number of ether oxygens (including phenoxy) is 2. The molecule has 1 aromatic carbocycles. The fourth-order valence-corrected chi connectivity index (χ4v) is 1.98. The number of carboxylic acids is 1. The SMILES string of the molecule is C[P+](C)(C)C.O=C([O-])c1cc(C(=O)OCCOCCO)cc(S(=O)(=O)O)c1. The lowest BCUT2D eigenvalue weighted by atomic mass is 10.1. The number of carbonyl (C=O) groups excluding carboxylic acids is 2. The van der Waals surface area contributed by atoms with Crippen LogP contribution in [0.2, 0.25) is 0 Å². The zero-order valence-corrected chi connectivity index (χ0v) is 17.4. The Morgan fingerprint density at radius 1 is 1.04 bits per heavy atom. The van der Waals surface area contributed by atoms with Crippen LogP contribution in [-0.4, -0.2) is 83.1 Å². The van der Waals surface area contributed by atoms with Gasteiger partial charge in [-0.15, -0.1) is 0 Å². The van der Waals surface area contributed by atoms with Crippen molar-refractivity contribution in [1.82, 2.24) is 0 Å². The quantitative estimate of drug-likeness (QED) is 0.254. The smallest absolute Gasteiger partial charge is 0.338 e. The maximum Gasteiger partial charge on any atom is 0.338 e. The Labute approximate surface area is 159 Å². The van der Waals surface area contributed by atoms with Crippen LogP contribution in [0.5, 0.6) is 0 Å². The van der Waals surface area contributed by atoms with Crippen molar-refractivity contribution in [2.45, 2.75) is 4.90 Å². The Balaban J connectivity index is 0.00000119. The van der Waals surface area contributed by atoms with Crippen molar-refractivity contribution in [3.05, 3.63) is 29.3 Å². The molecule has 0 aliphatic carbocycles. The fraction of sp³-hybridized carbons (Fsp3) is 0.500. The monoisotopic (exact) mass is 424 g/mol. The summed E-state index contributed by atoms with van der Waals surface area (Å²) in [6.07, 6.45) is 0. The van der Waals surface area contributed by atoms with Gasteiger partial charge in [0, 0.05) is 33.9 Å². The van der Waals surface area contributed by atoms with E-state index in [1.807, 2.05) is 0 Å². The highest BCUT2D eigenvalue weighted by molar-refractivity contribution is 7.85. The molecule has 0 radical (unpaired) electrons. The number of rotatable bonds is 8. The maximum absolute atomic E-state index is 11.7. The molecule has 0 amide bonds. The van der Waals surface area contributed by atoms with Crippen molar-refractivity contribution in [1.29, 1.82) is 0 Å². The number of benzene rings is 1. The molecule has 0 atom stereocenters. The number of aliphatic hydroxyl groups excluding tert-OH is 1. The van der Waals surface area contributed by atoms with E-state index in [1.165, 1.54) is 0 Å². The van der Waals surface area contributed by atoms with E-state index < -0.39 is 32.5 Å². The first-order valence-corrected chi connectivity index (χ1v) is 12.8. The minimum atomic E-state index is -4.70. The van der Waals surface area contributed by atoms with Crippen molar-refractivity contribution in [3.8, 4) is 0 Å². The third-order valence-corrected chi connectivity index (χ3v) is 3.20. The summed E-state index contributed by atoms with van der Waals surface area (Å²) in [5, 5.41) is 19.3. The predicted molar refractivity (Wildman–Crippen MR) is 99.4 cm³/mol. The number of carbonyl (C=O) groups is 2. The number of aliphatic hydroxyl groups is 1. The molecular weight excluding hydrogens is 399 g/mol. The highest BCUT2D eigenvalue weighted by Gasteiger charge is 2.17. The van der Waals surface area contributed by atoms with E-state index in [1.54, 1.807) is 0 Å². The van der Waals surface area contributed by atoms with Crippen LogP contribution in [0.15, 0.2) is 23.1 Å². The molecule has 0 aromatic heterocycles. The summed E-state index contributed by atoms with van der Waals surface area (Å²) in [5.41, 5.74) is -0.977. The van der Waals surface area contributed by atoms with Gasteiger partial charge in [0.15, 0.2) is 0 Å². The molecule has 0 aliphatic rings. The second kappa shape index (κ2) is 11.3. The van der Waals surface area contributed by atoms with Gasteiger partial charge in [0.25, 0.3) is 10.1 Å². The average Bonchev–Trinajstić information content (AvgIpc) is 2.51. The van der Waals surface area contributed by atoms with Gasteiger partial charge < -0.3 is 24.5 Å². The highest BCUT2D eigenvalue weighted by Crippen LogP contribution is 2.40. The molecule has 0 saturated heterocycles. The molecule has 11 heteroatoms. The maximum atomic E-state index is 11.7. The van der Waals surface area contributed by atoms with Gasteiger partial charge in [-0.2, -0.15) is 8.42 Å². The Morgan fingerprint density at radius 2 is 1.56 bits per heavy atom. The van der Waals surface area contributed by atoms with E-state index in [4.69, 9.17) is 19.1 Å². The van der Waals surface area contributed by atoms with E-state index in [0.717, 1.165) is 12.1 Å². The Bertz CT molecular complexity index is 733. The first-order chi connectivity index (χ1) is 12.3. The van der Waals surface area contributed by atoms with E-state index in [-0.39, 0.29) is 39.3 Å². The first-order valence-electron chi connectivity index (χ1n) is 7.74. The van der Waals surface area contributed by atoms with E-state index in [9.17, 15) is 23.1 Å². The molecule has 0 heterocycles. The fourth-order valence-electron chi connectivity index (χ4n) is 1.43. The van der Waals surface area contributed by atoms with Gasteiger partial charge in [-0.1, -0.05) is 0 Å². The van der Waals surface area contributed by atoms with Crippen molar-refractivity contribution < 1.29 is 42.2 Å². The van der Waals surface area contributed by atoms with Crippen molar-refractivity contribution >= 4 is 29.3 Å². The first kappa shape index (κ1) is 25.4. The van der Waals surface area contributed by atoms with Crippen LogP contribution in [0.4, 0.5) is 0 Å². The molecule has 1 aromatic rings. The number of hydrogen-bond donors (Lipinski definition) is 2. The van der Waals surface area contributed by atoms with E-state index >= 15 is 0 Å².